The molecule has 0 saturated heterocycles. The average Bonchev–Trinajstić information content (AvgIpc) is 2.41. The highest BCUT2D eigenvalue weighted by molar-refractivity contribution is 5.75. The molecule has 1 N–H and O–H groups in total. The van der Waals surface area contributed by atoms with Crippen molar-refractivity contribution in [2.75, 3.05) is 27.2 Å². The Balaban J connectivity index is 2.55. The van der Waals surface area contributed by atoms with Crippen LogP contribution in [0.25, 0.3) is 0 Å². The highest BCUT2D eigenvalue weighted by atomic mass is 16.5. The Labute approximate surface area is 115 Å². The van der Waals surface area contributed by atoms with Gasteiger partial charge in [0, 0.05) is 25.6 Å². The molecule has 1 aromatic rings. The van der Waals surface area contributed by atoms with Crippen LogP contribution >= 0.6 is 0 Å². The topological polar surface area (TPSA) is 41.6 Å². The van der Waals surface area contributed by atoms with Crippen LogP contribution in [0.3, 0.4) is 0 Å². The molecule has 0 aromatic heterocycles. The highest BCUT2D eigenvalue weighted by Gasteiger charge is 2.11. The number of amides is 1. The minimum Gasteiger partial charge on any atom is -0.494 e. The summed E-state index contributed by atoms with van der Waals surface area (Å²) in [5.74, 6) is 1.03. The molecule has 0 unspecified atom stereocenters. The molecule has 0 spiro atoms. The fourth-order valence-corrected chi connectivity index (χ4v) is 1.88. The Hall–Kier alpha value is -1.55. The lowest BCUT2D eigenvalue weighted by molar-refractivity contribution is -0.130. The van der Waals surface area contributed by atoms with Gasteiger partial charge in [-0.15, -0.1) is 0 Å². The summed E-state index contributed by atoms with van der Waals surface area (Å²) >= 11 is 0. The van der Waals surface area contributed by atoms with Crippen molar-refractivity contribution in [1.82, 2.24) is 10.2 Å². The van der Waals surface area contributed by atoms with Gasteiger partial charge >= 0.3 is 0 Å². The first-order chi connectivity index (χ1) is 9.19. The molecule has 0 bridgehead atoms. The molecule has 106 valence electrons. The number of nitrogens with one attached hydrogen (secondary N) is 1. The summed E-state index contributed by atoms with van der Waals surface area (Å²) in [4.78, 5) is 13.7. The second kappa shape index (κ2) is 8.53. The Kier molecular flexibility index (Phi) is 6.97. The highest BCUT2D eigenvalue weighted by Crippen LogP contribution is 2.19. The normalized spacial score (nSPS) is 10.3. The smallest absolute Gasteiger partial charge is 0.222 e. The Morgan fingerprint density at radius 3 is 2.79 bits per heavy atom. The SMILES string of the molecule is CCOc1ccccc1CN(C)C(=O)CCCNC. The van der Waals surface area contributed by atoms with Gasteiger partial charge in [-0.1, -0.05) is 18.2 Å². The zero-order chi connectivity index (χ0) is 14.1. The maximum Gasteiger partial charge on any atom is 0.222 e. The molecule has 0 fully saturated rings. The molecule has 19 heavy (non-hydrogen) atoms. The number of hydrogen-bond donors (Lipinski definition) is 1. The van der Waals surface area contributed by atoms with Crippen LogP contribution in [0, 0.1) is 0 Å². The van der Waals surface area contributed by atoms with E-state index >= 15 is 0 Å². The van der Waals surface area contributed by atoms with Crippen LogP contribution in [-0.4, -0.2) is 38.1 Å². The molecule has 0 aliphatic heterocycles. The predicted octanol–water partition coefficient (Wildman–Crippen LogP) is 2.04. The fourth-order valence-electron chi connectivity index (χ4n) is 1.88. The monoisotopic (exact) mass is 264 g/mol. The average molecular weight is 264 g/mol. The summed E-state index contributed by atoms with van der Waals surface area (Å²) in [7, 11) is 3.73. The van der Waals surface area contributed by atoms with Crippen molar-refractivity contribution in [2.45, 2.75) is 26.3 Å². The van der Waals surface area contributed by atoms with Gasteiger partial charge in [0.2, 0.25) is 5.91 Å². The van der Waals surface area contributed by atoms with Gasteiger partial charge in [0.15, 0.2) is 0 Å². The Bertz CT molecular complexity index is 393. The third kappa shape index (κ3) is 5.30. The lowest BCUT2D eigenvalue weighted by atomic mass is 10.2. The summed E-state index contributed by atoms with van der Waals surface area (Å²) in [5.41, 5.74) is 1.05. The summed E-state index contributed by atoms with van der Waals surface area (Å²) in [6, 6.07) is 7.86. The first-order valence-corrected chi connectivity index (χ1v) is 6.78. The van der Waals surface area contributed by atoms with Crippen LogP contribution in [0.4, 0.5) is 0 Å². The van der Waals surface area contributed by atoms with Crippen molar-refractivity contribution >= 4 is 5.91 Å². The number of para-hydroxylation sites is 1. The van der Waals surface area contributed by atoms with Gasteiger partial charge in [-0.05, 0) is 33.0 Å². The predicted molar refractivity (Wildman–Crippen MR) is 77.2 cm³/mol. The molecule has 1 aromatic carbocycles. The Morgan fingerprint density at radius 2 is 2.11 bits per heavy atom. The maximum atomic E-state index is 11.9. The first kappa shape index (κ1) is 15.5. The number of carbonyl (C=O) groups excluding carboxylic acids is 1. The van der Waals surface area contributed by atoms with Crippen LogP contribution in [0.2, 0.25) is 0 Å². The second-order valence-corrected chi connectivity index (χ2v) is 4.50. The van der Waals surface area contributed by atoms with Gasteiger partial charge in [0.25, 0.3) is 0 Å². The molecular formula is C15H24N2O2. The van der Waals surface area contributed by atoms with E-state index in [2.05, 4.69) is 5.32 Å². The van der Waals surface area contributed by atoms with Gasteiger partial charge < -0.3 is 15.0 Å². The number of benzene rings is 1. The lowest BCUT2D eigenvalue weighted by Crippen LogP contribution is -2.27. The van der Waals surface area contributed by atoms with Crippen LogP contribution in [0.15, 0.2) is 24.3 Å². The quantitative estimate of drug-likeness (QED) is 0.731. The maximum absolute atomic E-state index is 11.9. The molecule has 0 aliphatic carbocycles. The fraction of sp³-hybridized carbons (Fsp3) is 0.533. The summed E-state index contributed by atoms with van der Waals surface area (Å²) in [5, 5.41) is 3.05. The van der Waals surface area contributed by atoms with Crippen LogP contribution in [0.5, 0.6) is 5.75 Å². The van der Waals surface area contributed by atoms with E-state index in [1.165, 1.54) is 0 Å². The molecule has 0 atom stereocenters. The van der Waals surface area contributed by atoms with Crippen molar-refractivity contribution in [1.29, 1.82) is 0 Å². The third-order valence-corrected chi connectivity index (χ3v) is 2.92. The second-order valence-electron chi connectivity index (χ2n) is 4.50. The zero-order valence-electron chi connectivity index (χ0n) is 12.1. The number of carbonyl (C=O) groups is 1. The number of nitrogens with zero attached hydrogens (tertiary/aromatic N) is 1. The van der Waals surface area contributed by atoms with E-state index in [1.807, 2.05) is 45.3 Å². The third-order valence-electron chi connectivity index (χ3n) is 2.92. The molecule has 1 amide bonds. The Morgan fingerprint density at radius 1 is 1.37 bits per heavy atom. The van der Waals surface area contributed by atoms with Gasteiger partial charge in [0.1, 0.15) is 5.75 Å². The summed E-state index contributed by atoms with van der Waals surface area (Å²) in [6.45, 7) is 4.06. The molecule has 4 heteroatoms. The van der Waals surface area contributed by atoms with Crippen molar-refractivity contribution in [3.63, 3.8) is 0 Å². The minimum atomic E-state index is 0.168. The van der Waals surface area contributed by atoms with E-state index in [0.717, 1.165) is 24.3 Å². The first-order valence-electron chi connectivity index (χ1n) is 6.78. The van der Waals surface area contributed by atoms with E-state index in [1.54, 1.807) is 4.90 Å². The number of hydrogen-bond acceptors (Lipinski definition) is 3. The van der Waals surface area contributed by atoms with E-state index in [0.29, 0.717) is 19.6 Å². The molecule has 1 rings (SSSR count). The molecule has 0 saturated carbocycles. The van der Waals surface area contributed by atoms with Crippen LogP contribution in [-0.2, 0) is 11.3 Å². The summed E-state index contributed by atoms with van der Waals surface area (Å²) in [6.07, 6.45) is 1.45. The molecule has 0 radical (unpaired) electrons. The van der Waals surface area contributed by atoms with E-state index in [9.17, 15) is 4.79 Å². The van der Waals surface area contributed by atoms with Gasteiger partial charge in [-0.3, -0.25) is 4.79 Å². The molecule has 4 nitrogen and oxygen atoms in total. The zero-order valence-corrected chi connectivity index (χ0v) is 12.1. The van der Waals surface area contributed by atoms with Crippen molar-refractivity contribution in [3.8, 4) is 5.75 Å². The van der Waals surface area contributed by atoms with Crippen molar-refractivity contribution in [2.24, 2.45) is 0 Å². The number of rotatable bonds is 8. The van der Waals surface area contributed by atoms with Crippen molar-refractivity contribution in [3.05, 3.63) is 29.8 Å². The van der Waals surface area contributed by atoms with Gasteiger partial charge in [-0.2, -0.15) is 0 Å². The number of ether oxygens (including phenoxy) is 1. The van der Waals surface area contributed by atoms with E-state index in [4.69, 9.17) is 4.74 Å². The molecule has 0 aliphatic rings. The van der Waals surface area contributed by atoms with E-state index in [-0.39, 0.29) is 5.91 Å². The minimum absolute atomic E-state index is 0.168. The van der Waals surface area contributed by atoms with E-state index < -0.39 is 0 Å². The van der Waals surface area contributed by atoms with Gasteiger partial charge in [0.05, 0.1) is 6.61 Å². The van der Waals surface area contributed by atoms with Crippen LogP contribution < -0.4 is 10.1 Å². The molecular weight excluding hydrogens is 240 g/mol. The van der Waals surface area contributed by atoms with Crippen molar-refractivity contribution < 1.29 is 9.53 Å². The lowest BCUT2D eigenvalue weighted by Gasteiger charge is -2.19. The largest absolute Gasteiger partial charge is 0.494 e. The standard InChI is InChI=1S/C15H24N2O2/c1-4-19-14-9-6-5-8-13(14)12-17(3)15(18)10-7-11-16-2/h5-6,8-9,16H,4,7,10-12H2,1-3H3. The van der Waals surface area contributed by atoms with Gasteiger partial charge in [-0.25, -0.2) is 0 Å². The van der Waals surface area contributed by atoms with Crippen LogP contribution in [0.1, 0.15) is 25.3 Å². The summed E-state index contributed by atoms with van der Waals surface area (Å²) < 4.78 is 5.57. The molecule has 0 heterocycles.